The number of benzene rings is 3. The van der Waals surface area contributed by atoms with Crippen molar-refractivity contribution < 1.29 is 17.5 Å². The molecule has 6 heteroatoms. The number of sulfonamides is 1. The van der Waals surface area contributed by atoms with Gasteiger partial charge in [-0.1, -0.05) is 30.3 Å². The Labute approximate surface area is 158 Å². The first-order valence-electron chi connectivity index (χ1n) is 8.42. The second kappa shape index (κ2) is 7.80. The Kier molecular flexibility index (Phi) is 5.46. The van der Waals surface area contributed by atoms with Crippen molar-refractivity contribution in [2.45, 2.75) is 17.9 Å². The van der Waals surface area contributed by atoms with Gasteiger partial charge >= 0.3 is 0 Å². The summed E-state index contributed by atoms with van der Waals surface area (Å²) in [5.41, 5.74) is 1.18. The van der Waals surface area contributed by atoms with Crippen LogP contribution in [0.25, 0.3) is 0 Å². The molecule has 3 aromatic carbocycles. The second-order valence-electron chi connectivity index (χ2n) is 6.04. The van der Waals surface area contributed by atoms with Gasteiger partial charge in [0.25, 0.3) is 10.0 Å². The van der Waals surface area contributed by atoms with Crippen LogP contribution in [0, 0.1) is 5.82 Å². The standard InChI is InChI=1S/C21H20FNO3S/c1-16(17-8-10-18(22)11-9-17)23(19-12-14-20(26-2)15-13-19)27(24,25)21-6-4-3-5-7-21/h3-16H,1-2H3/t16-/m0/s1. The maximum absolute atomic E-state index is 13.4. The Bertz CT molecular complexity index is 988. The van der Waals surface area contributed by atoms with E-state index in [9.17, 15) is 12.8 Å². The van der Waals surface area contributed by atoms with Crippen molar-refractivity contribution >= 4 is 15.7 Å². The van der Waals surface area contributed by atoms with Crippen molar-refractivity contribution in [3.05, 3.63) is 90.2 Å². The number of nitrogens with zero attached hydrogens (tertiary/aromatic N) is 1. The molecule has 0 heterocycles. The number of hydrogen-bond donors (Lipinski definition) is 0. The van der Waals surface area contributed by atoms with Crippen LogP contribution in [-0.2, 0) is 10.0 Å². The first-order valence-corrected chi connectivity index (χ1v) is 9.86. The summed E-state index contributed by atoms with van der Waals surface area (Å²) in [6.45, 7) is 1.78. The zero-order valence-electron chi connectivity index (χ0n) is 15.0. The fourth-order valence-corrected chi connectivity index (χ4v) is 4.55. The van der Waals surface area contributed by atoms with Gasteiger partial charge in [0.2, 0.25) is 0 Å². The largest absolute Gasteiger partial charge is 0.497 e. The summed E-state index contributed by atoms with van der Waals surface area (Å²) in [7, 11) is -2.28. The van der Waals surface area contributed by atoms with E-state index in [0.717, 1.165) is 0 Å². The predicted octanol–water partition coefficient (Wildman–Crippen LogP) is 4.79. The van der Waals surface area contributed by atoms with E-state index in [1.165, 1.54) is 16.4 Å². The van der Waals surface area contributed by atoms with Crippen molar-refractivity contribution in [2.24, 2.45) is 0 Å². The van der Waals surface area contributed by atoms with Crippen molar-refractivity contribution in [3.63, 3.8) is 0 Å². The molecule has 0 spiro atoms. The van der Waals surface area contributed by atoms with Crippen LogP contribution in [0.15, 0.2) is 83.8 Å². The molecule has 27 heavy (non-hydrogen) atoms. The molecule has 0 aliphatic carbocycles. The molecule has 0 N–H and O–H groups in total. The van der Waals surface area contributed by atoms with E-state index in [2.05, 4.69) is 0 Å². The Hall–Kier alpha value is -2.86. The van der Waals surface area contributed by atoms with E-state index in [4.69, 9.17) is 4.74 Å². The first-order chi connectivity index (χ1) is 12.9. The SMILES string of the molecule is COc1ccc(N([C@@H](C)c2ccc(F)cc2)S(=O)(=O)c2ccccc2)cc1. The van der Waals surface area contributed by atoms with Crippen LogP contribution in [0.3, 0.4) is 0 Å². The summed E-state index contributed by atoms with van der Waals surface area (Å²) >= 11 is 0. The molecule has 4 nitrogen and oxygen atoms in total. The smallest absolute Gasteiger partial charge is 0.264 e. The minimum Gasteiger partial charge on any atom is -0.497 e. The lowest BCUT2D eigenvalue weighted by atomic mass is 10.1. The molecule has 0 aliphatic rings. The molecule has 0 saturated heterocycles. The summed E-state index contributed by atoms with van der Waals surface area (Å²) in [6, 6.07) is 20.4. The van der Waals surface area contributed by atoms with E-state index < -0.39 is 16.1 Å². The topological polar surface area (TPSA) is 46.6 Å². The molecule has 0 amide bonds. The van der Waals surface area contributed by atoms with Crippen LogP contribution in [0.1, 0.15) is 18.5 Å². The van der Waals surface area contributed by atoms with E-state index in [-0.39, 0.29) is 10.7 Å². The van der Waals surface area contributed by atoms with Gasteiger partial charge in [-0.2, -0.15) is 0 Å². The molecule has 0 fully saturated rings. The highest BCUT2D eigenvalue weighted by atomic mass is 32.2. The fourth-order valence-electron chi connectivity index (χ4n) is 2.88. The highest BCUT2D eigenvalue weighted by molar-refractivity contribution is 7.92. The number of methoxy groups -OCH3 is 1. The minimum atomic E-state index is -3.83. The van der Waals surface area contributed by atoms with Crippen LogP contribution in [0.2, 0.25) is 0 Å². The predicted molar refractivity (Wildman–Crippen MR) is 104 cm³/mol. The molecule has 0 aliphatic heterocycles. The number of ether oxygens (including phenoxy) is 1. The summed E-state index contributed by atoms with van der Waals surface area (Å²) in [6.07, 6.45) is 0. The number of hydrogen-bond acceptors (Lipinski definition) is 3. The molecule has 3 aromatic rings. The van der Waals surface area contributed by atoms with Gasteiger partial charge in [0.05, 0.1) is 23.7 Å². The van der Waals surface area contributed by atoms with Gasteiger partial charge in [0.1, 0.15) is 11.6 Å². The Balaban J connectivity index is 2.12. The molecule has 0 radical (unpaired) electrons. The molecule has 0 bridgehead atoms. The maximum atomic E-state index is 13.4. The summed E-state index contributed by atoms with van der Waals surface area (Å²) < 4.78 is 46.6. The lowest BCUT2D eigenvalue weighted by Crippen LogP contribution is -2.33. The van der Waals surface area contributed by atoms with Gasteiger partial charge in [-0.05, 0) is 61.0 Å². The van der Waals surface area contributed by atoms with Gasteiger partial charge in [-0.3, -0.25) is 4.31 Å². The first kappa shape index (κ1) is 18.9. The highest BCUT2D eigenvalue weighted by Crippen LogP contribution is 2.34. The lowest BCUT2D eigenvalue weighted by Gasteiger charge is -2.31. The van der Waals surface area contributed by atoms with E-state index >= 15 is 0 Å². The highest BCUT2D eigenvalue weighted by Gasteiger charge is 2.30. The second-order valence-corrected chi connectivity index (χ2v) is 7.85. The third-order valence-corrected chi connectivity index (χ3v) is 6.24. The van der Waals surface area contributed by atoms with Crippen LogP contribution in [0.5, 0.6) is 5.75 Å². The Morgan fingerprint density at radius 2 is 1.48 bits per heavy atom. The lowest BCUT2D eigenvalue weighted by molar-refractivity contribution is 0.415. The van der Waals surface area contributed by atoms with Gasteiger partial charge in [-0.25, -0.2) is 12.8 Å². The quantitative estimate of drug-likeness (QED) is 0.613. The van der Waals surface area contributed by atoms with Crippen LogP contribution in [0.4, 0.5) is 10.1 Å². The minimum absolute atomic E-state index is 0.190. The molecule has 3 rings (SSSR count). The van der Waals surface area contributed by atoms with E-state index in [0.29, 0.717) is 17.0 Å². The van der Waals surface area contributed by atoms with Gasteiger partial charge in [-0.15, -0.1) is 0 Å². The third-order valence-electron chi connectivity index (χ3n) is 4.33. The summed E-state index contributed by atoms with van der Waals surface area (Å²) in [5, 5.41) is 0. The maximum Gasteiger partial charge on any atom is 0.264 e. The average molecular weight is 385 g/mol. The van der Waals surface area contributed by atoms with Crippen molar-refractivity contribution in [2.75, 3.05) is 11.4 Å². The molecule has 0 aromatic heterocycles. The monoisotopic (exact) mass is 385 g/mol. The molecule has 0 unspecified atom stereocenters. The zero-order valence-corrected chi connectivity index (χ0v) is 15.9. The summed E-state index contributed by atoms with van der Waals surface area (Å²) in [5.74, 6) is 0.262. The zero-order chi connectivity index (χ0) is 19.4. The van der Waals surface area contributed by atoms with Crippen molar-refractivity contribution in [1.82, 2.24) is 0 Å². The Morgan fingerprint density at radius 1 is 0.889 bits per heavy atom. The van der Waals surface area contributed by atoms with Crippen LogP contribution >= 0.6 is 0 Å². The number of rotatable bonds is 6. The average Bonchev–Trinajstić information content (AvgIpc) is 2.69. The molecule has 140 valence electrons. The molecule has 1 atom stereocenters. The van der Waals surface area contributed by atoms with Crippen LogP contribution < -0.4 is 9.04 Å². The van der Waals surface area contributed by atoms with E-state index in [1.54, 1.807) is 80.8 Å². The molecular weight excluding hydrogens is 365 g/mol. The van der Waals surface area contributed by atoms with Crippen LogP contribution in [-0.4, -0.2) is 15.5 Å². The van der Waals surface area contributed by atoms with Gasteiger partial charge < -0.3 is 4.74 Å². The fraction of sp³-hybridized carbons (Fsp3) is 0.143. The third kappa shape index (κ3) is 3.95. The Morgan fingerprint density at radius 3 is 2.04 bits per heavy atom. The molecular formula is C21H20FNO3S. The normalized spacial score (nSPS) is 12.4. The molecule has 0 saturated carbocycles. The van der Waals surface area contributed by atoms with Crippen molar-refractivity contribution in [1.29, 1.82) is 0 Å². The van der Waals surface area contributed by atoms with E-state index in [1.807, 2.05) is 0 Å². The number of halogens is 1. The van der Waals surface area contributed by atoms with Gasteiger partial charge in [0, 0.05) is 0 Å². The van der Waals surface area contributed by atoms with Crippen molar-refractivity contribution in [3.8, 4) is 5.75 Å². The number of anilines is 1. The summed E-state index contributed by atoms with van der Waals surface area (Å²) in [4.78, 5) is 0.190. The van der Waals surface area contributed by atoms with Gasteiger partial charge in [0.15, 0.2) is 0 Å².